The molecule has 0 N–H and O–H groups in total. The SMILES string of the molecule is CCC(C)OC(=O)N1[C@H]2C[C@H](Oc3ccn(-c4ccc(S(C)(=O)=O)cc4)c(=O)c3)C[C@H]1[C@H](C)C2. The fourth-order valence-electron chi connectivity index (χ4n) is 4.96. The van der Waals surface area contributed by atoms with E-state index in [1.165, 1.54) is 22.8 Å². The molecule has 0 aliphatic carbocycles. The quantitative estimate of drug-likeness (QED) is 0.614. The van der Waals surface area contributed by atoms with Crippen LogP contribution < -0.4 is 10.3 Å². The molecule has 2 saturated heterocycles. The number of ether oxygens (including phenoxy) is 2. The van der Waals surface area contributed by atoms with Gasteiger partial charge >= 0.3 is 6.09 Å². The number of amides is 1. The maximum absolute atomic E-state index is 12.7. The van der Waals surface area contributed by atoms with Crippen LogP contribution in [0.4, 0.5) is 4.79 Å². The Bertz CT molecular complexity index is 1210. The number of piperidine rings is 1. The summed E-state index contributed by atoms with van der Waals surface area (Å²) >= 11 is 0. The molecule has 2 aromatic rings. The molecule has 0 saturated carbocycles. The van der Waals surface area contributed by atoms with E-state index in [0.717, 1.165) is 19.1 Å². The van der Waals surface area contributed by atoms with Crippen LogP contribution in [0.25, 0.3) is 5.69 Å². The van der Waals surface area contributed by atoms with Crippen molar-refractivity contribution in [2.24, 2.45) is 5.92 Å². The lowest BCUT2D eigenvalue weighted by Crippen LogP contribution is -2.50. The Kier molecular flexibility index (Phi) is 6.75. The van der Waals surface area contributed by atoms with E-state index in [0.29, 0.717) is 30.2 Å². The van der Waals surface area contributed by atoms with Gasteiger partial charge in [0.15, 0.2) is 9.84 Å². The first-order chi connectivity index (χ1) is 16.1. The second kappa shape index (κ2) is 9.44. The lowest BCUT2D eigenvalue weighted by atomic mass is 9.97. The molecule has 2 aliphatic rings. The van der Waals surface area contributed by atoms with Crippen LogP contribution >= 0.6 is 0 Å². The van der Waals surface area contributed by atoms with E-state index in [9.17, 15) is 18.0 Å². The van der Waals surface area contributed by atoms with Crippen molar-refractivity contribution in [2.45, 2.75) is 75.6 Å². The zero-order chi connectivity index (χ0) is 24.6. The van der Waals surface area contributed by atoms with E-state index < -0.39 is 9.84 Å². The van der Waals surface area contributed by atoms with Crippen molar-refractivity contribution in [3.63, 3.8) is 0 Å². The number of benzene rings is 1. The van der Waals surface area contributed by atoms with E-state index in [-0.39, 0.29) is 40.8 Å². The fraction of sp³-hybridized carbons (Fsp3) is 0.520. The monoisotopic (exact) mass is 488 g/mol. The normalized spacial score (nSPS) is 25.1. The molecule has 1 unspecified atom stereocenters. The molecule has 8 nitrogen and oxygen atoms in total. The molecular formula is C25H32N2O6S. The van der Waals surface area contributed by atoms with Crippen molar-refractivity contribution < 1.29 is 22.7 Å². The minimum absolute atomic E-state index is 0.0639. The van der Waals surface area contributed by atoms with E-state index in [1.54, 1.807) is 24.4 Å². The number of rotatable bonds is 6. The molecule has 5 atom stereocenters. The molecule has 34 heavy (non-hydrogen) atoms. The number of pyridine rings is 1. The molecule has 9 heteroatoms. The van der Waals surface area contributed by atoms with Crippen LogP contribution in [0.3, 0.4) is 0 Å². The molecule has 0 radical (unpaired) electrons. The Morgan fingerprint density at radius 2 is 1.85 bits per heavy atom. The van der Waals surface area contributed by atoms with Crippen molar-refractivity contribution in [3.8, 4) is 11.4 Å². The van der Waals surface area contributed by atoms with E-state index in [1.807, 2.05) is 18.7 Å². The zero-order valence-corrected chi connectivity index (χ0v) is 20.8. The van der Waals surface area contributed by atoms with Gasteiger partial charge < -0.3 is 14.4 Å². The summed E-state index contributed by atoms with van der Waals surface area (Å²) in [7, 11) is -3.30. The lowest BCUT2D eigenvalue weighted by molar-refractivity contribution is 0.0146. The van der Waals surface area contributed by atoms with Gasteiger partial charge in [-0.25, -0.2) is 13.2 Å². The highest BCUT2D eigenvalue weighted by Crippen LogP contribution is 2.41. The Morgan fingerprint density at radius 3 is 2.44 bits per heavy atom. The van der Waals surface area contributed by atoms with Gasteiger partial charge in [0.2, 0.25) is 0 Å². The topological polar surface area (TPSA) is 94.9 Å². The number of carbonyl (C=O) groups excluding carboxylic acids is 1. The largest absolute Gasteiger partial charge is 0.490 e. The summed E-state index contributed by atoms with van der Waals surface area (Å²) in [4.78, 5) is 27.5. The van der Waals surface area contributed by atoms with Gasteiger partial charge in [-0.2, -0.15) is 0 Å². The highest BCUT2D eigenvalue weighted by molar-refractivity contribution is 7.90. The molecular weight excluding hydrogens is 456 g/mol. The van der Waals surface area contributed by atoms with Crippen LogP contribution in [0.1, 0.15) is 46.5 Å². The van der Waals surface area contributed by atoms with Crippen LogP contribution in [-0.4, -0.2) is 54.5 Å². The van der Waals surface area contributed by atoms with Crippen LogP contribution in [0.2, 0.25) is 0 Å². The van der Waals surface area contributed by atoms with Gasteiger partial charge in [-0.3, -0.25) is 9.36 Å². The highest BCUT2D eigenvalue weighted by atomic mass is 32.2. The van der Waals surface area contributed by atoms with E-state index in [2.05, 4.69) is 6.92 Å². The number of fused-ring (bicyclic) bond motifs is 2. The Morgan fingerprint density at radius 1 is 1.15 bits per heavy atom. The first kappa shape index (κ1) is 24.3. The standard InChI is InChI=1S/C25H32N2O6S/c1-5-17(3)32-25(29)27-19-12-16(2)23(27)14-21(13-19)33-20-10-11-26(24(28)15-20)18-6-8-22(9-7-18)34(4,30)31/h6-11,15-17,19,21,23H,5,12-14H2,1-4H3/t16-,17?,19-,21+,23+/m1/s1. The lowest BCUT2D eigenvalue weighted by Gasteiger charge is -2.39. The van der Waals surface area contributed by atoms with Gasteiger partial charge in [0, 0.05) is 49.1 Å². The predicted molar refractivity (Wildman–Crippen MR) is 128 cm³/mol. The number of sulfone groups is 1. The summed E-state index contributed by atoms with van der Waals surface area (Å²) in [5.41, 5.74) is 0.305. The number of hydrogen-bond acceptors (Lipinski definition) is 6. The Balaban J connectivity index is 1.45. The molecule has 4 rings (SSSR count). The number of nitrogens with zero attached hydrogens (tertiary/aromatic N) is 2. The molecule has 1 aromatic heterocycles. The average molecular weight is 489 g/mol. The third-order valence-electron chi connectivity index (χ3n) is 6.92. The highest BCUT2D eigenvalue weighted by Gasteiger charge is 2.48. The molecule has 3 heterocycles. The van der Waals surface area contributed by atoms with Crippen molar-refractivity contribution in [2.75, 3.05) is 6.26 Å². The van der Waals surface area contributed by atoms with Crippen molar-refractivity contribution in [1.29, 1.82) is 0 Å². The van der Waals surface area contributed by atoms with Crippen LogP contribution in [0.5, 0.6) is 5.75 Å². The third kappa shape index (κ3) is 4.99. The van der Waals surface area contributed by atoms with E-state index >= 15 is 0 Å². The number of aromatic nitrogens is 1. The van der Waals surface area contributed by atoms with E-state index in [4.69, 9.17) is 9.47 Å². The third-order valence-corrected chi connectivity index (χ3v) is 8.04. The molecule has 1 amide bonds. The summed E-state index contributed by atoms with van der Waals surface area (Å²) < 4.78 is 36.5. The number of hydrogen-bond donors (Lipinski definition) is 0. The summed E-state index contributed by atoms with van der Waals surface area (Å²) in [5.74, 6) is 0.854. The average Bonchev–Trinajstić information content (AvgIpc) is 2.98. The van der Waals surface area contributed by atoms with Gasteiger partial charge in [0.25, 0.3) is 5.56 Å². The zero-order valence-electron chi connectivity index (χ0n) is 20.0. The molecule has 2 aliphatic heterocycles. The second-order valence-corrected chi connectivity index (χ2v) is 11.5. The van der Waals surface area contributed by atoms with Crippen molar-refractivity contribution in [1.82, 2.24) is 9.47 Å². The minimum atomic E-state index is -3.30. The summed E-state index contributed by atoms with van der Waals surface area (Å²) in [6.07, 6.45) is 5.44. The van der Waals surface area contributed by atoms with Crippen LogP contribution in [0, 0.1) is 5.92 Å². The van der Waals surface area contributed by atoms with Crippen LogP contribution in [-0.2, 0) is 14.6 Å². The molecule has 0 spiro atoms. The van der Waals surface area contributed by atoms with Gasteiger partial charge in [0.05, 0.1) is 4.90 Å². The van der Waals surface area contributed by atoms with Gasteiger partial charge in [0.1, 0.15) is 18.0 Å². The van der Waals surface area contributed by atoms with Gasteiger partial charge in [-0.1, -0.05) is 13.8 Å². The van der Waals surface area contributed by atoms with Crippen LogP contribution in [0.15, 0.2) is 52.3 Å². The van der Waals surface area contributed by atoms with Gasteiger partial charge in [-0.05, 0) is 56.0 Å². The predicted octanol–water partition coefficient (Wildman–Crippen LogP) is 3.80. The first-order valence-electron chi connectivity index (χ1n) is 11.8. The smallest absolute Gasteiger partial charge is 0.410 e. The maximum Gasteiger partial charge on any atom is 0.410 e. The summed E-state index contributed by atoms with van der Waals surface area (Å²) in [6.45, 7) is 6.06. The molecule has 1 aromatic carbocycles. The molecule has 2 bridgehead atoms. The van der Waals surface area contributed by atoms with Crippen molar-refractivity contribution in [3.05, 3.63) is 52.9 Å². The first-order valence-corrected chi connectivity index (χ1v) is 13.6. The second-order valence-electron chi connectivity index (χ2n) is 9.49. The fourth-order valence-corrected chi connectivity index (χ4v) is 5.59. The summed E-state index contributed by atoms with van der Waals surface area (Å²) in [6, 6.07) is 9.49. The number of carbonyl (C=O) groups is 1. The minimum Gasteiger partial charge on any atom is -0.490 e. The maximum atomic E-state index is 12.7. The van der Waals surface area contributed by atoms with Crippen molar-refractivity contribution >= 4 is 15.9 Å². The summed E-state index contributed by atoms with van der Waals surface area (Å²) in [5, 5.41) is 0. The molecule has 184 valence electrons. The molecule has 2 fully saturated rings. The Labute approximate surface area is 200 Å². The Hall–Kier alpha value is -2.81. The van der Waals surface area contributed by atoms with Gasteiger partial charge in [-0.15, -0.1) is 0 Å².